The monoisotopic (exact) mass is 412 g/mol. The molecule has 172 valence electrons. The Balaban J connectivity index is 3.25. The number of rotatable bonds is 22. The van der Waals surface area contributed by atoms with Gasteiger partial charge in [-0.05, 0) is 25.7 Å². The maximum Gasteiger partial charge on any atom is 0.305 e. The lowest BCUT2D eigenvalue weighted by molar-refractivity contribution is -0.144. The van der Waals surface area contributed by atoms with E-state index in [4.69, 9.17) is 9.47 Å². The van der Waals surface area contributed by atoms with Gasteiger partial charge in [-0.1, -0.05) is 97.3 Å². The van der Waals surface area contributed by atoms with E-state index in [-0.39, 0.29) is 11.9 Å². The van der Waals surface area contributed by atoms with Crippen molar-refractivity contribution in [1.82, 2.24) is 0 Å². The van der Waals surface area contributed by atoms with Crippen LogP contribution in [0.4, 0.5) is 0 Å². The summed E-state index contributed by atoms with van der Waals surface area (Å²) in [6.45, 7) is 5.48. The minimum absolute atomic E-state index is 0.0979. The van der Waals surface area contributed by atoms with Crippen LogP contribution in [0.1, 0.15) is 136 Å². The predicted octanol–water partition coefficient (Wildman–Crippen LogP) is 7.52. The third-order valence-electron chi connectivity index (χ3n) is 5.28. The molecule has 0 radical (unpaired) electrons. The van der Waals surface area contributed by atoms with E-state index in [9.17, 15) is 9.59 Å². The summed E-state index contributed by atoms with van der Waals surface area (Å²) in [5, 5.41) is 0. The molecule has 0 saturated heterocycles. The summed E-state index contributed by atoms with van der Waals surface area (Å²) in [7, 11) is 0. The molecule has 0 heterocycles. The number of hydrogen-bond acceptors (Lipinski definition) is 4. The highest BCUT2D eigenvalue weighted by atomic mass is 16.5. The lowest BCUT2D eigenvalue weighted by Gasteiger charge is -2.06. The number of ether oxygens (including phenoxy) is 2. The largest absolute Gasteiger partial charge is 0.466 e. The van der Waals surface area contributed by atoms with Gasteiger partial charge < -0.3 is 9.47 Å². The van der Waals surface area contributed by atoms with Gasteiger partial charge in [0, 0.05) is 12.8 Å². The number of carbonyl (C=O) groups excluding carboxylic acids is 2. The van der Waals surface area contributed by atoms with Crippen molar-refractivity contribution in [2.45, 2.75) is 136 Å². The zero-order valence-corrected chi connectivity index (χ0v) is 19.5. The summed E-state index contributed by atoms with van der Waals surface area (Å²) < 4.78 is 10.5. The van der Waals surface area contributed by atoms with Crippen molar-refractivity contribution in [2.75, 3.05) is 13.2 Å². The van der Waals surface area contributed by atoms with Gasteiger partial charge in [-0.25, -0.2) is 0 Å². The Morgan fingerprint density at radius 2 is 0.759 bits per heavy atom. The summed E-state index contributed by atoms with van der Waals surface area (Å²) in [6.07, 6.45) is 20.9. The lowest BCUT2D eigenvalue weighted by Crippen LogP contribution is -2.07. The molecule has 29 heavy (non-hydrogen) atoms. The highest BCUT2D eigenvalue weighted by Crippen LogP contribution is 2.11. The number of esters is 2. The van der Waals surface area contributed by atoms with Crippen molar-refractivity contribution in [3.63, 3.8) is 0 Å². The highest BCUT2D eigenvalue weighted by Gasteiger charge is 2.05. The number of hydrogen-bond donors (Lipinski definition) is 0. The normalized spacial score (nSPS) is 10.8. The molecule has 0 aliphatic carbocycles. The van der Waals surface area contributed by atoms with Crippen LogP contribution >= 0.6 is 0 Å². The van der Waals surface area contributed by atoms with Gasteiger partial charge in [0.1, 0.15) is 0 Å². The van der Waals surface area contributed by atoms with Crippen LogP contribution in [0.15, 0.2) is 0 Å². The van der Waals surface area contributed by atoms with Crippen molar-refractivity contribution < 1.29 is 19.1 Å². The number of carbonyl (C=O) groups is 2. The van der Waals surface area contributed by atoms with E-state index in [0.29, 0.717) is 26.1 Å². The maximum absolute atomic E-state index is 11.7. The highest BCUT2D eigenvalue weighted by molar-refractivity contribution is 5.69. The predicted molar refractivity (Wildman–Crippen MR) is 121 cm³/mol. The van der Waals surface area contributed by atoms with Gasteiger partial charge >= 0.3 is 11.9 Å². The molecule has 0 rings (SSSR count). The molecule has 0 aromatic carbocycles. The molecule has 0 aliphatic heterocycles. The molecular formula is C25H48O4. The maximum atomic E-state index is 11.7. The summed E-state index contributed by atoms with van der Waals surface area (Å²) in [4.78, 5) is 23.2. The van der Waals surface area contributed by atoms with Gasteiger partial charge in [-0.3, -0.25) is 9.59 Å². The van der Waals surface area contributed by atoms with Crippen molar-refractivity contribution in [3.05, 3.63) is 0 Å². The van der Waals surface area contributed by atoms with Crippen molar-refractivity contribution in [3.8, 4) is 0 Å². The lowest BCUT2D eigenvalue weighted by atomic mass is 10.1. The molecule has 0 atom stereocenters. The summed E-state index contributed by atoms with van der Waals surface area (Å²) in [6, 6.07) is 0. The summed E-state index contributed by atoms with van der Waals surface area (Å²) in [5.74, 6) is -0.209. The first kappa shape index (κ1) is 27.9. The Morgan fingerprint density at radius 1 is 0.448 bits per heavy atom. The third kappa shape index (κ3) is 23.1. The van der Waals surface area contributed by atoms with Crippen LogP contribution in [-0.2, 0) is 19.1 Å². The SMILES string of the molecule is CCCCCCCCCCCCCOC(=O)CCCCCC(=O)OCCCCC. The van der Waals surface area contributed by atoms with Gasteiger partial charge in [-0.2, -0.15) is 0 Å². The topological polar surface area (TPSA) is 52.6 Å². The van der Waals surface area contributed by atoms with Crippen LogP contribution < -0.4 is 0 Å². The minimum Gasteiger partial charge on any atom is -0.466 e. The van der Waals surface area contributed by atoms with Crippen LogP contribution in [0.3, 0.4) is 0 Å². The van der Waals surface area contributed by atoms with E-state index in [0.717, 1.165) is 51.4 Å². The van der Waals surface area contributed by atoms with E-state index in [1.165, 1.54) is 57.8 Å². The molecule has 4 nitrogen and oxygen atoms in total. The quantitative estimate of drug-likeness (QED) is 0.136. The van der Waals surface area contributed by atoms with Gasteiger partial charge in [0.05, 0.1) is 13.2 Å². The van der Waals surface area contributed by atoms with Crippen LogP contribution in [0, 0.1) is 0 Å². The standard InChI is InChI=1S/C25H48O4/c1-3-5-7-8-9-10-11-12-13-14-19-23-29-25(27)21-17-15-16-20-24(26)28-22-18-6-4-2/h3-23H2,1-2H3. The molecule has 0 aromatic rings. The number of unbranched alkanes of at least 4 members (excludes halogenated alkanes) is 14. The second kappa shape index (κ2) is 23.2. The molecule has 4 heteroatoms. The van der Waals surface area contributed by atoms with Gasteiger partial charge in [0.15, 0.2) is 0 Å². The third-order valence-corrected chi connectivity index (χ3v) is 5.28. The van der Waals surface area contributed by atoms with Gasteiger partial charge in [0.25, 0.3) is 0 Å². The molecule has 0 bridgehead atoms. The molecule has 0 unspecified atom stereocenters. The van der Waals surface area contributed by atoms with E-state index in [2.05, 4.69) is 13.8 Å². The van der Waals surface area contributed by atoms with Gasteiger partial charge in [0.2, 0.25) is 0 Å². The van der Waals surface area contributed by atoms with Crippen molar-refractivity contribution >= 4 is 11.9 Å². The zero-order chi connectivity index (χ0) is 21.4. The molecule has 0 saturated carbocycles. The molecule has 0 N–H and O–H groups in total. The molecule has 0 spiro atoms. The van der Waals surface area contributed by atoms with E-state index in [1.54, 1.807) is 0 Å². The second-order valence-corrected chi connectivity index (χ2v) is 8.24. The van der Waals surface area contributed by atoms with Crippen molar-refractivity contribution in [1.29, 1.82) is 0 Å². The first-order chi connectivity index (χ1) is 14.2. The molecule has 0 aliphatic rings. The van der Waals surface area contributed by atoms with E-state index < -0.39 is 0 Å². The van der Waals surface area contributed by atoms with Crippen LogP contribution in [-0.4, -0.2) is 25.2 Å². The first-order valence-electron chi connectivity index (χ1n) is 12.5. The van der Waals surface area contributed by atoms with Crippen molar-refractivity contribution in [2.24, 2.45) is 0 Å². The Bertz CT molecular complexity index is 368. The fourth-order valence-electron chi connectivity index (χ4n) is 3.35. The average Bonchev–Trinajstić information content (AvgIpc) is 2.71. The molecule has 0 amide bonds. The minimum atomic E-state index is -0.111. The van der Waals surface area contributed by atoms with Crippen LogP contribution in [0.5, 0.6) is 0 Å². The zero-order valence-electron chi connectivity index (χ0n) is 19.5. The molecule has 0 fully saturated rings. The summed E-state index contributed by atoms with van der Waals surface area (Å²) in [5.41, 5.74) is 0. The van der Waals surface area contributed by atoms with Crippen LogP contribution in [0.25, 0.3) is 0 Å². The smallest absolute Gasteiger partial charge is 0.305 e. The molecule has 0 aromatic heterocycles. The Morgan fingerprint density at radius 3 is 1.21 bits per heavy atom. The van der Waals surface area contributed by atoms with E-state index in [1.807, 2.05) is 0 Å². The summed E-state index contributed by atoms with van der Waals surface area (Å²) >= 11 is 0. The van der Waals surface area contributed by atoms with Gasteiger partial charge in [-0.15, -0.1) is 0 Å². The Kier molecular flexibility index (Phi) is 22.4. The Labute approximate surface area is 180 Å². The molecular weight excluding hydrogens is 364 g/mol. The van der Waals surface area contributed by atoms with Crippen LogP contribution in [0.2, 0.25) is 0 Å². The van der Waals surface area contributed by atoms with E-state index >= 15 is 0 Å². The first-order valence-corrected chi connectivity index (χ1v) is 12.5. The second-order valence-electron chi connectivity index (χ2n) is 8.24. The average molecular weight is 413 g/mol. The fraction of sp³-hybridized carbons (Fsp3) is 0.920. The Hall–Kier alpha value is -1.06. The fourth-order valence-corrected chi connectivity index (χ4v) is 3.35.